The molecule has 0 amide bonds. The number of hydrogen-bond acceptors (Lipinski definition) is 5. The van der Waals surface area contributed by atoms with Crippen LogP contribution in [0.2, 0.25) is 5.28 Å². The second-order valence-electron chi connectivity index (χ2n) is 4.73. The van der Waals surface area contributed by atoms with Crippen LogP contribution in [-0.4, -0.2) is 29.0 Å². The van der Waals surface area contributed by atoms with E-state index in [9.17, 15) is 0 Å². The highest BCUT2D eigenvalue weighted by Crippen LogP contribution is 2.28. The van der Waals surface area contributed by atoms with Crippen LogP contribution in [0.4, 0.5) is 5.95 Å². The molecule has 3 rings (SSSR count). The molecular weight excluding hydrogens is 276 g/mol. The minimum atomic E-state index is 0.149. The number of rotatable bonds is 2. The van der Waals surface area contributed by atoms with Gasteiger partial charge in [0, 0.05) is 19.5 Å². The van der Waals surface area contributed by atoms with Crippen molar-refractivity contribution in [3.05, 3.63) is 35.1 Å². The maximum atomic E-state index is 5.94. The summed E-state index contributed by atoms with van der Waals surface area (Å²) in [6.45, 7) is 2.00. The Balaban J connectivity index is 2.17. The molecule has 0 atom stereocenters. The summed E-state index contributed by atoms with van der Waals surface area (Å²) in [7, 11) is 3.69. The van der Waals surface area contributed by atoms with Crippen LogP contribution in [0.15, 0.2) is 28.7 Å². The molecule has 0 bridgehead atoms. The van der Waals surface area contributed by atoms with E-state index < -0.39 is 0 Å². The van der Waals surface area contributed by atoms with Crippen LogP contribution in [0.3, 0.4) is 0 Å². The van der Waals surface area contributed by atoms with Crippen LogP contribution in [0.1, 0.15) is 5.56 Å². The molecule has 0 saturated heterocycles. The number of furan rings is 1. The smallest absolute Gasteiger partial charge is 0.229 e. The first kappa shape index (κ1) is 12.9. The number of fused-ring (bicyclic) bond motifs is 1. The van der Waals surface area contributed by atoms with E-state index >= 15 is 0 Å². The number of hydrogen-bond donors (Lipinski definition) is 0. The van der Waals surface area contributed by atoms with Crippen molar-refractivity contribution in [1.29, 1.82) is 0 Å². The summed E-state index contributed by atoms with van der Waals surface area (Å²) >= 11 is 5.94. The Morgan fingerprint density at radius 3 is 2.65 bits per heavy atom. The topological polar surface area (TPSA) is 55.1 Å². The Hall–Kier alpha value is -2.14. The Morgan fingerprint density at radius 1 is 1.15 bits per heavy atom. The Kier molecular flexibility index (Phi) is 3.06. The lowest BCUT2D eigenvalue weighted by molar-refractivity contribution is 0.621. The van der Waals surface area contributed by atoms with Crippen molar-refractivity contribution in [2.75, 3.05) is 19.0 Å². The molecule has 0 aliphatic carbocycles. The van der Waals surface area contributed by atoms with Gasteiger partial charge in [0.25, 0.3) is 0 Å². The molecule has 0 saturated carbocycles. The minimum absolute atomic E-state index is 0.149. The molecule has 20 heavy (non-hydrogen) atoms. The van der Waals surface area contributed by atoms with Gasteiger partial charge in [-0.2, -0.15) is 15.0 Å². The fourth-order valence-corrected chi connectivity index (χ4v) is 2.12. The van der Waals surface area contributed by atoms with Crippen molar-refractivity contribution in [3.8, 4) is 11.6 Å². The van der Waals surface area contributed by atoms with Gasteiger partial charge in [-0.1, -0.05) is 18.2 Å². The molecule has 0 N–H and O–H groups in total. The molecule has 0 spiro atoms. The molecule has 102 valence electrons. The van der Waals surface area contributed by atoms with Crippen molar-refractivity contribution < 1.29 is 4.42 Å². The van der Waals surface area contributed by atoms with E-state index in [2.05, 4.69) is 15.0 Å². The van der Waals surface area contributed by atoms with E-state index in [1.54, 1.807) is 4.90 Å². The number of aromatic nitrogens is 3. The summed E-state index contributed by atoms with van der Waals surface area (Å²) in [5.74, 6) is 1.52. The number of halogens is 1. The summed E-state index contributed by atoms with van der Waals surface area (Å²) < 4.78 is 5.84. The van der Waals surface area contributed by atoms with Crippen LogP contribution in [-0.2, 0) is 0 Å². The first-order chi connectivity index (χ1) is 9.54. The highest BCUT2D eigenvalue weighted by molar-refractivity contribution is 6.28. The van der Waals surface area contributed by atoms with Gasteiger partial charge in [-0.05, 0) is 30.2 Å². The van der Waals surface area contributed by atoms with Gasteiger partial charge in [0.1, 0.15) is 5.58 Å². The molecule has 0 unspecified atom stereocenters. The number of anilines is 1. The number of benzene rings is 1. The highest BCUT2D eigenvalue weighted by atomic mass is 35.5. The summed E-state index contributed by atoms with van der Waals surface area (Å²) in [5, 5.41) is 1.17. The lowest BCUT2D eigenvalue weighted by Gasteiger charge is -2.09. The fraction of sp³-hybridized carbons (Fsp3) is 0.214. The van der Waals surface area contributed by atoms with E-state index in [0.717, 1.165) is 16.5 Å². The molecule has 0 aliphatic heterocycles. The fourth-order valence-electron chi connectivity index (χ4n) is 1.97. The SMILES string of the molecule is Cc1cccc2cc(-c3nc(Cl)nc(N(C)C)n3)oc12. The molecule has 2 heterocycles. The third-order valence-corrected chi connectivity index (χ3v) is 3.13. The first-order valence-electron chi connectivity index (χ1n) is 6.13. The van der Waals surface area contributed by atoms with Crippen molar-refractivity contribution in [2.24, 2.45) is 0 Å². The molecule has 2 aromatic heterocycles. The predicted molar refractivity (Wildman–Crippen MR) is 79.1 cm³/mol. The van der Waals surface area contributed by atoms with Gasteiger partial charge in [-0.15, -0.1) is 0 Å². The molecule has 0 fully saturated rings. The molecule has 0 radical (unpaired) electrons. The largest absolute Gasteiger partial charge is 0.452 e. The monoisotopic (exact) mass is 288 g/mol. The predicted octanol–water partition coefficient (Wildman–Crippen LogP) is 3.31. The van der Waals surface area contributed by atoms with E-state index in [1.807, 2.05) is 45.3 Å². The van der Waals surface area contributed by atoms with Crippen molar-refractivity contribution in [3.63, 3.8) is 0 Å². The lowest BCUT2D eigenvalue weighted by atomic mass is 10.2. The van der Waals surface area contributed by atoms with E-state index in [4.69, 9.17) is 16.0 Å². The minimum Gasteiger partial charge on any atom is -0.452 e. The summed E-state index contributed by atoms with van der Waals surface area (Å²) in [5.41, 5.74) is 1.91. The van der Waals surface area contributed by atoms with Crippen molar-refractivity contribution >= 4 is 28.5 Å². The molecular formula is C14H13ClN4O. The third-order valence-electron chi connectivity index (χ3n) is 2.96. The summed E-state index contributed by atoms with van der Waals surface area (Å²) in [6, 6.07) is 7.89. The van der Waals surface area contributed by atoms with Gasteiger partial charge >= 0.3 is 0 Å². The number of aryl methyl sites for hydroxylation is 1. The first-order valence-corrected chi connectivity index (χ1v) is 6.51. The highest BCUT2D eigenvalue weighted by Gasteiger charge is 2.13. The number of nitrogens with zero attached hydrogens (tertiary/aromatic N) is 4. The van der Waals surface area contributed by atoms with Gasteiger partial charge in [-0.25, -0.2) is 0 Å². The second kappa shape index (κ2) is 4.76. The molecule has 0 aliphatic rings. The quantitative estimate of drug-likeness (QED) is 0.724. The van der Waals surface area contributed by atoms with Gasteiger partial charge in [0.05, 0.1) is 0 Å². The third kappa shape index (κ3) is 2.20. The van der Waals surface area contributed by atoms with Gasteiger partial charge < -0.3 is 9.32 Å². The van der Waals surface area contributed by atoms with Crippen LogP contribution in [0.5, 0.6) is 0 Å². The van der Waals surface area contributed by atoms with Crippen molar-refractivity contribution in [2.45, 2.75) is 6.92 Å². The van der Waals surface area contributed by atoms with E-state index in [0.29, 0.717) is 17.5 Å². The van der Waals surface area contributed by atoms with Crippen LogP contribution in [0, 0.1) is 6.92 Å². The average Bonchev–Trinajstić information content (AvgIpc) is 2.83. The maximum absolute atomic E-state index is 5.94. The Labute approximate surface area is 121 Å². The second-order valence-corrected chi connectivity index (χ2v) is 5.06. The molecule has 6 heteroatoms. The van der Waals surface area contributed by atoms with E-state index in [-0.39, 0.29) is 5.28 Å². The molecule has 5 nitrogen and oxygen atoms in total. The van der Waals surface area contributed by atoms with Crippen LogP contribution in [0.25, 0.3) is 22.6 Å². The number of para-hydroxylation sites is 1. The van der Waals surface area contributed by atoms with Crippen LogP contribution >= 0.6 is 11.6 Å². The zero-order valence-corrected chi connectivity index (χ0v) is 12.1. The zero-order valence-electron chi connectivity index (χ0n) is 11.4. The average molecular weight is 289 g/mol. The van der Waals surface area contributed by atoms with Gasteiger partial charge in [-0.3, -0.25) is 0 Å². The zero-order chi connectivity index (χ0) is 14.3. The normalized spacial score (nSPS) is 11.0. The summed E-state index contributed by atoms with van der Waals surface area (Å²) in [4.78, 5) is 14.3. The van der Waals surface area contributed by atoms with Gasteiger partial charge in [0.2, 0.25) is 17.1 Å². The van der Waals surface area contributed by atoms with E-state index in [1.165, 1.54) is 0 Å². The standard InChI is InChI=1S/C14H13ClN4O/c1-8-5-4-6-9-7-10(20-11(8)9)12-16-13(15)18-14(17-12)19(2)3/h4-7H,1-3H3. The lowest BCUT2D eigenvalue weighted by Crippen LogP contribution is -2.13. The maximum Gasteiger partial charge on any atom is 0.229 e. The Morgan fingerprint density at radius 2 is 1.95 bits per heavy atom. The Bertz CT molecular complexity index is 782. The van der Waals surface area contributed by atoms with Crippen molar-refractivity contribution in [1.82, 2.24) is 15.0 Å². The van der Waals surface area contributed by atoms with Gasteiger partial charge in [0.15, 0.2) is 5.76 Å². The summed E-state index contributed by atoms with van der Waals surface area (Å²) in [6.07, 6.45) is 0. The van der Waals surface area contributed by atoms with Crippen LogP contribution < -0.4 is 4.90 Å². The molecule has 1 aromatic carbocycles. The molecule has 3 aromatic rings.